The summed E-state index contributed by atoms with van der Waals surface area (Å²) in [6, 6.07) is 7.87. The SMILES string of the molecule is CCCC[C@H]1Cc2c([nH]c3c(F)cc(F)cc23)[C@H](c2ccc(C#N)nc2)N1. The molecule has 4 nitrogen and oxygen atoms in total. The normalized spacial score (nSPS) is 19.0. The van der Waals surface area contributed by atoms with E-state index in [2.05, 4.69) is 22.2 Å². The molecule has 0 amide bonds. The van der Waals surface area contributed by atoms with Gasteiger partial charge in [0.25, 0.3) is 0 Å². The molecule has 138 valence electrons. The van der Waals surface area contributed by atoms with Gasteiger partial charge in [0.05, 0.1) is 11.6 Å². The topological polar surface area (TPSA) is 64.5 Å². The van der Waals surface area contributed by atoms with Gasteiger partial charge < -0.3 is 10.3 Å². The van der Waals surface area contributed by atoms with Crippen molar-refractivity contribution in [3.05, 3.63) is 64.6 Å². The molecule has 0 unspecified atom stereocenters. The van der Waals surface area contributed by atoms with Gasteiger partial charge in [-0.2, -0.15) is 5.26 Å². The van der Waals surface area contributed by atoms with Gasteiger partial charge in [-0.05, 0) is 36.1 Å². The Hall–Kier alpha value is -2.78. The summed E-state index contributed by atoms with van der Waals surface area (Å²) in [6.07, 6.45) is 5.55. The van der Waals surface area contributed by atoms with Crippen LogP contribution < -0.4 is 5.32 Å². The molecule has 0 saturated carbocycles. The number of nitriles is 1. The summed E-state index contributed by atoms with van der Waals surface area (Å²) in [4.78, 5) is 7.34. The van der Waals surface area contributed by atoms with Crippen LogP contribution in [-0.4, -0.2) is 16.0 Å². The molecule has 3 heterocycles. The number of pyridine rings is 1. The van der Waals surface area contributed by atoms with Crippen molar-refractivity contribution in [1.29, 1.82) is 5.26 Å². The van der Waals surface area contributed by atoms with E-state index in [1.165, 1.54) is 6.07 Å². The summed E-state index contributed by atoms with van der Waals surface area (Å²) in [7, 11) is 0. The molecule has 1 aliphatic rings. The van der Waals surface area contributed by atoms with Crippen molar-refractivity contribution in [3.8, 4) is 6.07 Å². The van der Waals surface area contributed by atoms with Crippen LogP contribution in [0.15, 0.2) is 30.5 Å². The van der Waals surface area contributed by atoms with Gasteiger partial charge in [0.2, 0.25) is 0 Å². The van der Waals surface area contributed by atoms with Crippen LogP contribution in [-0.2, 0) is 6.42 Å². The Balaban J connectivity index is 1.84. The maximum Gasteiger partial charge on any atom is 0.150 e. The predicted octanol–water partition coefficient (Wildman–Crippen LogP) is 4.51. The highest BCUT2D eigenvalue weighted by Crippen LogP contribution is 2.37. The lowest BCUT2D eigenvalue weighted by Gasteiger charge is -2.31. The van der Waals surface area contributed by atoms with Gasteiger partial charge in [0, 0.05) is 29.4 Å². The lowest BCUT2D eigenvalue weighted by Crippen LogP contribution is -2.39. The van der Waals surface area contributed by atoms with Crippen LogP contribution >= 0.6 is 0 Å². The summed E-state index contributed by atoms with van der Waals surface area (Å²) in [6.45, 7) is 2.15. The zero-order valence-corrected chi connectivity index (χ0v) is 15.0. The van der Waals surface area contributed by atoms with Crippen molar-refractivity contribution < 1.29 is 8.78 Å². The van der Waals surface area contributed by atoms with Crippen LogP contribution in [0.3, 0.4) is 0 Å². The zero-order valence-electron chi connectivity index (χ0n) is 15.0. The molecule has 1 aromatic carbocycles. The van der Waals surface area contributed by atoms with Gasteiger partial charge in [-0.1, -0.05) is 25.8 Å². The first-order chi connectivity index (χ1) is 13.1. The van der Waals surface area contributed by atoms with Gasteiger partial charge in [-0.3, -0.25) is 0 Å². The van der Waals surface area contributed by atoms with Gasteiger partial charge in [0.1, 0.15) is 23.4 Å². The third-order valence-corrected chi connectivity index (χ3v) is 5.25. The number of hydrogen-bond donors (Lipinski definition) is 2. The number of nitrogens with zero attached hydrogens (tertiary/aromatic N) is 2. The van der Waals surface area contributed by atoms with E-state index in [0.717, 1.165) is 48.6 Å². The summed E-state index contributed by atoms with van der Waals surface area (Å²) < 4.78 is 28.2. The first-order valence-corrected chi connectivity index (χ1v) is 9.22. The maximum atomic E-state index is 14.3. The number of aromatic nitrogens is 2. The molecule has 2 atom stereocenters. The van der Waals surface area contributed by atoms with E-state index in [0.29, 0.717) is 16.6 Å². The molecule has 3 aromatic rings. The molecular formula is C21H20F2N4. The first kappa shape index (κ1) is 17.6. The number of hydrogen-bond acceptors (Lipinski definition) is 3. The summed E-state index contributed by atoms with van der Waals surface area (Å²) in [5, 5.41) is 13.2. The molecule has 0 spiro atoms. The van der Waals surface area contributed by atoms with E-state index < -0.39 is 11.6 Å². The third kappa shape index (κ3) is 3.19. The maximum absolute atomic E-state index is 14.3. The minimum Gasteiger partial charge on any atom is -0.354 e. The van der Waals surface area contributed by atoms with Crippen molar-refractivity contribution in [1.82, 2.24) is 15.3 Å². The number of nitrogens with one attached hydrogen (secondary N) is 2. The quantitative estimate of drug-likeness (QED) is 0.714. The largest absolute Gasteiger partial charge is 0.354 e. The van der Waals surface area contributed by atoms with Crippen molar-refractivity contribution >= 4 is 10.9 Å². The van der Waals surface area contributed by atoms with Crippen molar-refractivity contribution in [2.24, 2.45) is 0 Å². The molecule has 0 radical (unpaired) electrons. The van der Waals surface area contributed by atoms with E-state index in [-0.39, 0.29) is 12.1 Å². The number of aromatic amines is 1. The van der Waals surface area contributed by atoms with E-state index in [1.54, 1.807) is 12.3 Å². The smallest absolute Gasteiger partial charge is 0.150 e. The minimum absolute atomic E-state index is 0.203. The van der Waals surface area contributed by atoms with E-state index in [1.807, 2.05) is 12.1 Å². The molecule has 2 aromatic heterocycles. The third-order valence-electron chi connectivity index (χ3n) is 5.25. The van der Waals surface area contributed by atoms with E-state index >= 15 is 0 Å². The van der Waals surface area contributed by atoms with Crippen molar-refractivity contribution in [3.63, 3.8) is 0 Å². The van der Waals surface area contributed by atoms with E-state index in [9.17, 15) is 8.78 Å². The summed E-state index contributed by atoms with van der Waals surface area (Å²) >= 11 is 0. The number of unbranched alkanes of at least 4 members (excludes halogenated alkanes) is 1. The molecule has 2 N–H and O–H groups in total. The van der Waals surface area contributed by atoms with Crippen LogP contribution in [0.1, 0.15) is 54.7 Å². The monoisotopic (exact) mass is 366 g/mol. The number of fused-ring (bicyclic) bond motifs is 3. The fourth-order valence-corrected chi connectivity index (χ4v) is 3.93. The van der Waals surface area contributed by atoms with Gasteiger partial charge in [-0.15, -0.1) is 0 Å². The average Bonchev–Trinajstić information content (AvgIpc) is 3.05. The lowest BCUT2D eigenvalue weighted by atomic mass is 9.89. The Labute approximate surface area is 156 Å². The molecule has 0 aliphatic carbocycles. The van der Waals surface area contributed by atoms with E-state index in [4.69, 9.17) is 5.26 Å². The highest BCUT2D eigenvalue weighted by Gasteiger charge is 2.31. The molecule has 0 bridgehead atoms. The summed E-state index contributed by atoms with van der Waals surface area (Å²) in [5.74, 6) is -1.15. The molecule has 0 fully saturated rings. The average molecular weight is 366 g/mol. The Morgan fingerprint density at radius 1 is 1.30 bits per heavy atom. The van der Waals surface area contributed by atoms with Crippen molar-refractivity contribution in [2.75, 3.05) is 0 Å². The Morgan fingerprint density at radius 2 is 2.15 bits per heavy atom. The van der Waals surface area contributed by atoms with Crippen molar-refractivity contribution in [2.45, 2.75) is 44.7 Å². The van der Waals surface area contributed by atoms with Crippen LogP contribution in [0.5, 0.6) is 0 Å². The molecule has 4 rings (SSSR count). The summed E-state index contributed by atoms with van der Waals surface area (Å²) in [5.41, 5.74) is 3.38. The second-order valence-corrected chi connectivity index (χ2v) is 7.06. The van der Waals surface area contributed by atoms with Gasteiger partial charge in [0.15, 0.2) is 0 Å². The molecular weight excluding hydrogens is 346 g/mol. The highest BCUT2D eigenvalue weighted by atomic mass is 19.1. The molecule has 1 aliphatic heterocycles. The fraction of sp³-hybridized carbons (Fsp3) is 0.333. The van der Waals surface area contributed by atoms with Gasteiger partial charge in [-0.25, -0.2) is 13.8 Å². The Kier molecular flexibility index (Phi) is 4.63. The predicted molar refractivity (Wildman–Crippen MR) is 99.2 cm³/mol. The first-order valence-electron chi connectivity index (χ1n) is 9.22. The second-order valence-electron chi connectivity index (χ2n) is 7.06. The Bertz CT molecular complexity index is 1020. The standard InChI is InChI=1S/C21H20F2N4/c1-2-3-4-14-9-17-16-7-13(22)8-18(23)20(16)27-21(17)19(26-14)12-5-6-15(10-24)25-11-12/h5-8,11,14,19,26-27H,2-4,9H2,1H3/t14-,19-/m0/s1. The Morgan fingerprint density at radius 3 is 2.85 bits per heavy atom. The number of H-pyrrole nitrogens is 1. The van der Waals surface area contributed by atoms with Crippen LogP contribution in [0.25, 0.3) is 10.9 Å². The molecule has 0 saturated heterocycles. The van der Waals surface area contributed by atoms with Crippen LogP contribution in [0, 0.1) is 23.0 Å². The van der Waals surface area contributed by atoms with Crippen LogP contribution in [0.4, 0.5) is 8.78 Å². The zero-order chi connectivity index (χ0) is 19.0. The number of benzene rings is 1. The second kappa shape index (κ2) is 7.09. The lowest BCUT2D eigenvalue weighted by molar-refractivity contribution is 0.402. The number of rotatable bonds is 4. The number of halogens is 2. The molecule has 6 heteroatoms. The van der Waals surface area contributed by atoms with Gasteiger partial charge >= 0.3 is 0 Å². The fourth-order valence-electron chi connectivity index (χ4n) is 3.93. The highest BCUT2D eigenvalue weighted by molar-refractivity contribution is 5.86. The molecule has 27 heavy (non-hydrogen) atoms. The van der Waals surface area contributed by atoms with Crippen LogP contribution in [0.2, 0.25) is 0 Å². The minimum atomic E-state index is -0.582.